The van der Waals surface area contributed by atoms with Gasteiger partial charge >= 0.3 is 25.9 Å². The number of thiazole rings is 1. The third-order valence-corrected chi connectivity index (χ3v) is 13.4. The van der Waals surface area contributed by atoms with Crippen LogP contribution in [0.3, 0.4) is 0 Å². The van der Waals surface area contributed by atoms with Crippen molar-refractivity contribution in [1.82, 2.24) is 25.4 Å². The number of likely N-dealkylation sites (tertiary alicyclic amines) is 1. The lowest BCUT2D eigenvalue weighted by Gasteiger charge is -2.38. The normalized spacial score (nSPS) is 17.1. The summed E-state index contributed by atoms with van der Waals surface area (Å²) in [5, 5.41) is 20.1. The first-order chi connectivity index (χ1) is 31.6. The van der Waals surface area contributed by atoms with Gasteiger partial charge in [-0.3, -0.25) is 43.5 Å². The molecule has 20 nitrogen and oxygen atoms in total. The average molecular weight is 1010 g/mol. The third-order valence-electron chi connectivity index (χ3n) is 11.8. The van der Waals surface area contributed by atoms with Crippen molar-refractivity contribution in [3.63, 3.8) is 0 Å². The van der Waals surface area contributed by atoms with Gasteiger partial charge in [0, 0.05) is 49.0 Å². The lowest BCUT2D eigenvalue weighted by Crippen LogP contribution is -2.58. The standard InChI is InChI=1S/C45H69N6O14PS2/c1-11-26(4)38(49-40(55)33-14-12-13-19-50(33)9)42(56)51(10)34(25(2)3)23-36(63-28(6)52)41-48-32(24-68-41)39(54)46-30(20-27(5)43(57)58)21-29-15-16-35(64-44(59)65-66(60,61)62)31(22-29)47-37(53)17-18-45(7,8)67/h15-16,22,24-27,30,33-34,36,38,67H,11-14,17-21,23H2,1-10H3,(H,46,54)(H,47,53)(H,49,55)(H,57,58)(H2,60,61,62)/t26-,27?,30+,33+,34+,36+,38?/m0/s1. The summed E-state index contributed by atoms with van der Waals surface area (Å²) in [7, 11) is -1.71. The van der Waals surface area contributed by atoms with Gasteiger partial charge < -0.3 is 40.0 Å². The van der Waals surface area contributed by atoms with E-state index < -0.39 is 72.6 Å². The highest BCUT2D eigenvalue weighted by Crippen LogP contribution is 2.38. The van der Waals surface area contributed by atoms with E-state index in [1.165, 1.54) is 37.4 Å². The Morgan fingerprint density at radius 2 is 1.74 bits per heavy atom. The largest absolute Gasteiger partial charge is 0.529 e. The number of carbonyl (C=O) groups excluding carboxylic acids is 6. The van der Waals surface area contributed by atoms with Crippen LogP contribution in [0.2, 0.25) is 0 Å². The number of carbonyl (C=O) groups is 7. The second kappa shape index (κ2) is 25.8. The molecule has 23 heteroatoms. The molecule has 4 amide bonds. The van der Waals surface area contributed by atoms with Gasteiger partial charge in [0.05, 0.1) is 17.6 Å². The average Bonchev–Trinajstić information content (AvgIpc) is 3.73. The smallest absolute Gasteiger partial charge is 0.481 e. The number of phosphoric acid groups is 1. The van der Waals surface area contributed by atoms with Gasteiger partial charge in [-0.05, 0) is 75.2 Å². The molecular formula is C45H69N6O14PS2. The number of thiol groups is 1. The van der Waals surface area contributed by atoms with E-state index in [0.717, 1.165) is 30.7 Å². The number of anilines is 1. The molecule has 1 aromatic carbocycles. The number of likely N-dealkylation sites (N-methyl/N-ethyl adjacent to an activating group) is 2. The molecule has 1 fully saturated rings. The van der Waals surface area contributed by atoms with Crippen molar-refractivity contribution in [3.05, 3.63) is 39.8 Å². The van der Waals surface area contributed by atoms with E-state index in [0.29, 0.717) is 24.8 Å². The minimum Gasteiger partial charge on any atom is -0.481 e. The SMILES string of the molecule is CC[C@H](C)C(NC(=O)[C@H]1CCCCN1C)C(=O)N(C)[C@H](C[C@@H](OC(C)=O)c1nc(C(=O)N[C@@H](Cc2ccc(OC(=O)OP(=O)(O)O)c(NC(=O)CCC(C)(C)S)c2)CC(C)C(=O)O)cs1)C(C)C. The minimum atomic E-state index is -5.28. The molecule has 1 saturated heterocycles. The Labute approximate surface area is 407 Å². The molecule has 0 aliphatic carbocycles. The van der Waals surface area contributed by atoms with E-state index in [9.17, 15) is 43.2 Å². The van der Waals surface area contributed by atoms with Crippen molar-refractivity contribution < 1.29 is 67.0 Å². The van der Waals surface area contributed by atoms with E-state index in [2.05, 4.69) is 38.1 Å². The molecule has 68 heavy (non-hydrogen) atoms. The first kappa shape index (κ1) is 57.7. The molecule has 1 aliphatic rings. The summed E-state index contributed by atoms with van der Waals surface area (Å²) in [6.45, 7) is 14.8. The van der Waals surface area contributed by atoms with Gasteiger partial charge in [0.15, 0.2) is 11.9 Å². The topological polar surface area (TPSA) is 280 Å². The first-order valence-corrected chi connectivity index (χ1v) is 25.5. The number of carboxylic acids is 1. The number of hydrogen-bond acceptors (Lipinski definition) is 15. The zero-order chi connectivity index (χ0) is 51.3. The minimum absolute atomic E-state index is 0.000334. The Hall–Kier alpha value is -4.60. The molecule has 3 rings (SSSR count). The van der Waals surface area contributed by atoms with Crippen LogP contribution in [-0.2, 0) is 44.2 Å². The van der Waals surface area contributed by atoms with Gasteiger partial charge in [-0.2, -0.15) is 12.6 Å². The molecule has 2 heterocycles. The van der Waals surface area contributed by atoms with E-state index in [4.69, 9.17) is 19.3 Å². The molecule has 2 unspecified atom stereocenters. The monoisotopic (exact) mass is 1010 g/mol. The number of carboxylic acid groups (broad SMARTS) is 1. The Morgan fingerprint density at radius 3 is 2.31 bits per heavy atom. The number of phosphoric ester groups is 1. The van der Waals surface area contributed by atoms with Crippen molar-refractivity contribution in [2.75, 3.05) is 26.0 Å². The Balaban J connectivity index is 1.91. The number of aromatic nitrogens is 1. The lowest BCUT2D eigenvalue weighted by molar-refractivity contribution is -0.149. The van der Waals surface area contributed by atoms with Crippen LogP contribution >= 0.6 is 31.8 Å². The van der Waals surface area contributed by atoms with E-state index in [1.54, 1.807) is 11.9 Å². The zero-order valence-electron chi connectivity index (χ0n) is 40.5. The van der Waals surface area contributed by atoms with Crippen LogP contribution in [-0.4, -0.2) is 121 Å². The fourth-order valence-corrected chi connectivity index (χ4v) is 8.93. The number of nitrogens with one attached hydrogen (secondary N) is 3. The second-order valence-corrected chi connectivity index (χ2v) is 21.8. The van der Waals surface area contributed by atoms with Gasteiger partial charge in [0.2, 0.25) is 17.7 Å². The van der Waals surface area contributed by atoms with Crippen LogP contribution in [0.15, 0.2) is 23.6 Å². The lowest BCUT2D eigenvalue weighted by atomic mass is 9.92. The van der Waals surface area contributed by atoms with Crippen LogP contribution in [0.1, 0.15) is 134 Å². The number of aliphatic carboxylic acids is 1. The molecule has 6 N–H and O–H groups in total. The number of ether oxygens (including phenoxy) is 2. The van der Waals surface area contributed by atoms with Gasteiger partial charge in [-0.1, -0.05) is 67.4 Å². The molecule has 0 bridgehead atoms. The number of rotatable bonds is 24. The van der Waals surface area contributed by atoms with Crippen molar-refractivity contribution in [2.24, 2.45) is 17.8 Å². The van der Waals surface area contributed by atoms with Crippen LogP contribution in [0.25, 0.3) is 0 Å². The molecule has 0 spiro atoms. The Kier molecular flexibility index (Phi) is 21.9. The summed E-state index contributed by atoms with van der Waals surface area (Å²) in [6, 6.07) is 1.58. The second-order valence-electron chi connectivity index (χ2n) is 18.5. The molecule has 0 radical (unpaired) electrons. The predicted molar refractivity (Wildman–Crippen MR) is 257 cm³/mol. The highest BCUT2D eigenvalue weighted by molar-refractivity contribution is 7.81. The Morgan fingerprint density at radius 1 is 1.06 bits per heavy atom. The maximum absolute atomic E-state index is 14.3. The highest BCUT2D eigenvalue weighted by atomic mass is 32.1. The number of amides is 4. The highest BCUT2D eigenvalue weighted by Gasteiger charge is 2.38. The van der Waals surface area contributed by atoms with Gasteiger partial charge in [0.25, 0.3) is 5.91 Å². The maximum atomic E-state index is 14.3. The maximum Gasteiger partial charge on any atom is 0.529 e. The number of hydrogen-bond donors (Lipinski definition) is 7. The summed E-state index contributed by atoms with van der Waals surface area (Å²) in [5.41, 5.74) is 0.293. The molecule has 2 aromatic rings. The van der Waals surface area contributed by atoms with E-state index in [1.807, 2.05) is 53.5 Å². The molecule has 1 aliphatic heterocycles. The van der Waals surface area contributed by atoms with Crippen LogP contribution in [0.5, 0.6) is 5.75 Å². The summed E-state index contributed by atoms with van der Waals surface area (Å²) >= 11 is 5.50. The number of piperidine rings is 1. The molecular weight excluding hydrogens is 944 g/mol. The van der Waals surface area contributed by atoms with Crippen molar-refractivity contribution in [1.29, 1.82) is 0 Å². The zero-order valence-corrected chi connectivity index (χ0v) is 43.1. The number of esters is 1. The number of benzene rings is 1. The fraction of sp³-hybridized carbons (Fsp3) is 0.644. The quantitative estimate of drug-likeness (QED) is 0.0270. The van der Waals surface area contributed by atoms with Crippen LogP contribution < -0.4 is 20.7 Å². The summed E-state index contributed by atoms with van der Waals surface area (Å²) in [6.07, 6.45) is 0.915. The molecule has 7 atom stereocenters. The summed E-state index contributed by atoms with van der Waals surface area (Å²) in [5.74, 6) is -5.01. The molecule has 380 valence electrons. The van der Waals surface area contributed by atoms with Gasteiger partial charge in [-0.25, -0.2) is 14.3 Å². The van der Waals surface area contributed by atoms with Gasteiger partial charge in [0.1, 0.15) is 16.7 Å². The van der Waals surface area contributed by atoms with Crippen molar-refractivity contribution in [3.8, 4) is 5.75 Å². The molecule has 0 saturated carbocycles. The van der Waals surface area contributed by atoms with E-state index >= 15 is 0 Å². The fourth-order valence-electron chi connectivity index (χ4n) is 7.75. The van der Waals surface area contributed by atoms with Crippen molar-refractivity contribution >= 4 is 79.2 Å². The van der Waals surface area contributed by atoms with Crippen LogP contribution in [0, 0.1) is 17.8 Å². The molecule has 1 aromatic heterocycles. The first-order valence-electron chi connectivity index (χ1n) is 22.6. The Bertz CT molecular complexity index is 2140. The number of nitrogens with zero attached hydrogens (tertiary/aromatic N) is 3. The van der Waals surface area contributed by atoms with Crippen molar-refractivity contribution in [2.45, 2.75) is 148 Å². The third kappa shape index (κ3) is 18.7. The predicted octanol–water partition coefficient (Wildman–Crippen LogP) is 6.12. The van der Waals surface area contributed by atoms with Crippen LogP contribution in [0.4, 0.5) is 10.5 Å². The summed E-state index contributed by atoms with van der Waals surface area (Å²) < 4.78 is 25.5. The van der Waals surface area contributed by atoms with Gasteiger partial charge in [-0.15, -0.1) is 11.3 Å². The van der Waals surface area contributed by atoms with E-state index in [-0.39, 0.29) is 77.5 Å². The summed E-state index contributed by atoms with van der Waals surface area (Å²) in [4.78, 5) is 118.